The number of rotatable bonds is 1. The first-order valence-corrected chi connectivity index (χ1v) is 4.44. The van der Waals surface area contributed by atoms with Crippen LogP contribution < -0.4 is 0 Å². The van der Waals surface area contributed by atoms with Gasteiger partial charge in [-0.3, -0.25) is 0 Å². The van der Waals surface area contributed by atoms with Crippen molar-refractivity contribution >= 4 is 0 Å². The van der Waals surface area contributed by atoms with Gasteiger partial charge in [-0.25, -0.2) is 0 Å². The van der Waals surface area contributed by atoms with E-state index in [4.69, 9.17) is 5.26 Å². The Morgan fingerprint density at radius 1 is 1.07 bits per heavy atom. The lowest BCUT2D eigenvalue weighted by Gasteiger charge is -2.03. The zero-order valence-corrected chi connectivity index (χ0v) is 7.94. The molecule has 0 amide bonds. The average molecular weight is 182 g/mol. The molecule has 2 rings (SSSR count). The molecule has 0 N–H and O–H groups in total. The van der Waals surface area contributed by atoms with Crippen molar-refractivity contribution < 1.29 is 0 Å². The highest BCUT2D eigenvalue weighted by molar-refractivity contribution is 5.61. The molecule has 1 aromatic carbocycles. The van der Waals surface area contributed by atoms with E-state index in [2.05, 4.69) is 6.07 Å². The van der Waals surface area contributed by atoms with Gasteiger partial charge in [0.1, 0.15) is 11.8 Å². The summed E-state index contributed by atoms with van der Waals surface area (Å²) in [4.78, 5) is 0. The van der Waals surface area contributed by atoms with Gasteiger partial charge < -0.3 is 4.57 Å². The van der Waals surface area contributed by atoms with Gasteiger partial charge >= 0.3 is 0 Å². The highest BCUT2D eigenvalue weighted by Crippen LogP contribution is 2.20. The van der Waals surface area contributed by atoms with Gasteiger partial charge in [0.25, 0.3) is 0 Å². The van der Waals surface area contributed by atoms with E-state index in [0.717, 1.165) is 11.3 Å². The monoisotopic (exact) mass is 182 g/mol. The molecule has 0 aliphatic heterocycles. The summed E-state index contributed by atoms with van der Waals surface area (Å²) >= 11 is 0. The maximum Gasteiger partial charge on any atom is 0.120 e. The first-order chi connectivity index (χ1) is 6.83. The average Bonchev–Trinajstić information content (AvgIpc) is 2.61. The van der Waals surface area contributed by atoms with E-state index in [-0.39, 0.29) is 0 Å². The Morgan fingerprint density at radius 3 is 2.36 bits per heavy atom. The summed E-state index contributed by atoms with van der Waals surface area (Å²) in [5, 5.41) is 8.81. The largest absolute Gasteiger partial charge is 0.335 e. The number of aromatic nitrogens is 1. The van der Waals surface area contributed by atoms with Gasteiger partial charge in [-0.2, -0.15) is 5.26 Å². The van der Waals surface area contributed by atoms with Gasteiger partial charge in [0.05, 0.1) is 0 Å². The van der Waals surface area contributed by atoms with E-state index in [1.165, 1.54) is 0 Å². The molecule has 0 bridgehead atoms. The standard InChI is InChI=1S/C12H10N2/c1-14-11(9-13)7-8-12(14)10-5-3-2-4-6-10/h2-8H,1H3. The molecule has 0 spiro atoms. The van der Waals surface area contributed by atoms with E-state index in [1.54, 1.807) is 0 Å². The fourth-order valence-electron chi connectivity index (χ4n) is 1.52. The molecule has 14 heavy (non-hydrogen) atoms. The van der Waals surface area contributed by atoms with Gasteiger partial charge in [-0.1, -0.05) is 30.3 Å². The summed E-state index contributed by atoms with van der Waals surface area (Å²) in [5.41, 5.74) is 2.89. The van der Waals surface area contributed by atoms with Crippen LogP contribution in [0, 0.1) is 11.3 Å². The Bertz CT molecular complexity index is 475. The summed E-state index contributed by atoms with van der Waals surface area (Å²) < 4.78 is 1.90. The lowest BCUT2D eigenvalue weighted by molar-refractivity contribution is 0.917. The third-order valence-electron chi connectivity index (χ3n) is 2.31. The predicted octanol–water partition coefficient (Wildman–Crippen LogP) is 2.56. The molecule has 1 aromatic heterocycles. The molecular formula is C12H10N2. The maximum atomic E-state index is 8.81. The molecule has 0 saturated carbocycles. The lowest BCUT2D eigenvalue weighted by atomic mass is 10.2. The molecule has 68 valence electrons. The molecule has 0 atom stereocenters. The lowest BCUT2D eigenvalue weighted by Crippen LogP contribution is -1.93. The summed E-state index contributed by atoms with van der Waals surface area (Å²) in [7, 11) is 1.90. The maximum absolute atomic E-state index is 8.81. The van der Waals surface area contributed by atoms with Crippen molar-refractivity contribution in [1.82, 2.24) is 4.57 Å². The molecule has 0 aliphatic carbocycles. The van der Waals surface area contributed by atoms with Crippen molar-refractivity contribution in [1.29, 1.82) is 5.26 Å². The molecule has 1 heterocycles. The van der Waals surface area contributed by atoms with E-state index < -0.39 is 0 Å². The van der Waals surface area contributed by atoms with Crippen molar-refractivity contribution in [3.63, 3.8) is 0 Å². The SMILES string of the molecule is Cn1c(C#N)ccc1-c1ccccc1. The summed E-state index contributed by atoms with van der Waals surface area (Å²) in [6.45, 7) is 0. The number of nitriles is 1. The second-order valence-corrected chi connectivity index (χ2v) is 3.14. The fourth-order valence-corrected chi connectivity index (χ4v) is 1.52. The minimum Gasteiger partial charge on any atom is -0.335 e. The fraction of sp³-hybridized carbons (Fsp3) is 0.0833. The normalized spacial score (nSPS) is 9.71. The zero-order chi connectivity index (χ0) is 9.97. The van der Waals surface area contributed by atoms with Crippen molar-refractivity contribution in [2.75, 3.05) is 0 Å². The van der Waals surface area contributed by atoms with Crippen LogP contribution in [-0.2, 0) is 7.05 Å². The van der Waals surface area contributed by atoms with Gasteiger partial charge in [-0.15, -0.1) is 0 Å². The molecule has 0 unspecified atom stereocenters. The highest BCUT2D eigenvalue weighted by atomic mass is 15.0. The van der Waals surface area contributed by atoms with Crippen molar-refractivity contribution in [3.8, 4) is 17.3 Å². The topological polar surface area (TPSA) is 28.7 Å². The van der Waals surface area contributed by atoms with E-state index >= 15 is 0 Å². The van der Waals surface area contributed by atoms with Gasteiger partial charge in [-0.05, 0) is 17.7 Å². The molecule has 2 aromatic rings. The Balaban J connectivity index is 2.54. The third kappa shape index (κ3) is 1.29. The number of nitrogens with zero attached hydrogens (tertiary/aromatic N) is 2. The second-order valence-electron chi connectivity index (χ2n) is 3.14. The summed E-state index contributed by atoms with van der Waals surface area (Å²) in [6.07, 6.45) is 0. The summed E-state index contributed by atoms with van der Waals surface area (Å²) in [6, 6.07) is 16.0. The zero-order valence-electron chi connectivity index (χ0n) is 7.94. The van der Waals surface area contributed by atoms with Gasteiger partial charge in [0, 0.05) is 12.7 Å². The number of hydrogen-bond donors (Lipinski definition) is 0. The van der Waals surface area contributed by atoms with Gasteiger partial charge in [0.2, 0.25) is 0 Å². The van der Waals surface area contributed by atoms with Crippen LogP contribution in [0.5, 0.6) is 0 Å². The Morgan fingerprint density at radius 2 is 1.79 bits per heavy atom. The van der Waals surface area contributed by atoms with Crippen LogP contribution in [0.25, 0.3) is 11.3 Å². The first kappa shape index (κ1) is 8.58. The molecule has 0 fully saturated rings. The molecule has 0 radical (unpaired) electrons. The van der Waals surface area contributed by atoms with Gasteiger partial charge in [0.15, 0.2) is 0 Å². The smallest absolute Gasteiger partial charge is 0.120 e. The number of hydrogen-bond acceptors (Lipinski definition) is 1. The Kier molecular flexibility index (Phi) is 2.08. The number of benzene rings is 1. The second kappa shape index (κ2) is 3.39. The minimum atomic E-state index is 0.684. The third-order valence-corrected chi connectivity index (χ3v) is 2.31. The Hall–Kier alpha value is -2.01. The molecule has 2 heteroatoms. The van der Waals surface area contributed by atoms with Crippen molar-refractivity contribution in [3.05, 3.63) is 48.2 Å². The predicted molar refractivity (Wildman–Crippen MR) is 55.6 cm³/mol. The molecule has 0 aliphatic rings. The van der Waals surface area contributed by atoms with E-state index in [1.807, 2.05) is 54.1 Å². The van der Waals surface area contributed by atoms with Crippen LogP contribution in [0.3, 0.4) is 0 Å². The molecular weight excluding hydrogens is 172 g/mol. The first-order valence-electron chi connectivity index (χ1n) is 4.44. The van der Waals surface area contributed by atoms with Crippen molar-refractivity contribution in [2.45, 2.75) is 0 Å². The highest BCUT2D eigenvalue weighted by Gasteiger charge is 2.04. The molecule has 0 saturated heterocycles. The van der Waals surface area contributed by atoms with Crippen LogP contribution in [0.2, 0.25) is 0 Å². The van der Waals surface area contributed by atoms with Crippen LogP contribution in [0.1, 0.15) is 5.69 Å². The van der Waals surface area contributed by atoms with Crippen LogP contribution >= 0.6 is 0 Å². The van der Waals surface area contributed by atoms with Crippen LogP contribution in [0.15, 0.2) is 42.5 Å². The summed E-state index contributed by atoms with van der Waals surface area (Å²) in [5.74, 6) is 0. The minimum absolute atomic E-state index is 0.684. The quantitative estimate of drug-likeness (QED) is 0.666. The van der Waals surface area contributed by atoms with E-state index in [0.29, 0.717) is 5.69 Å². The Labute approximate surface area is 83.0 Å². The molecule has 2 nitrogen and oxygen atoms in total. The van der Waals surface area contributed by atoms with Crippen LogP contribution in [-0.4, -0.2) is 4.57 Å². The van der Waals surface area contributed by atoms with Crippen molar-refractivity contribution in [2.24, 2.45) is 7.05 Å². The van der Waals surface area contributed by atoms with Crippen LogP contribution in [0.4, 0.5) is 0 Å². The van der Waals surface area contributed by atoms with E-state index in [9.17, 15) is 0 Å².